The number of hydrogen-bond acceptors (Lipinski definition) is 5. The minimum absolute atomic E-state index is 0.207. The third-order valence-electron chi connectivity index (χ3n) is 4.00. The van der Waals surface area contributed by atoms with E-state index in [4.69, 9.17) is 14.7 Å². The molecular formula is C20H19N3O3. The summed E-state index contributed by atoms with van der Waals surface area (Å²) in [5.74, 6) is -0.0291. The maximum atomic E-state index is 11.8. The van der Waals surface area contributed by atoms with Gasteiger partial charge in [0.05, 0.1) is 24.2 Å². The Hall–Kier alpha value is -3.33. The number of ether oxygens (including phenoxy) is 2. The van der Waals surface area contributed by atoms with Crippen molar-refractivity contribution in [3.63, 3.8) is 0 Å². The SMILES string of the molecule is CCOC(=O)C(C)COc1cc2nccn2cc1-c1ccc(C#N)cc1. The molecule has 0 spiro atoms. The lowest BCUT2D eigenvalue weighted by molar-refractivity contribution is -0.148. The second kappa shape index (κ2) is 7.70. The molecule has 3 aromatic rings. The fraction of sp³-hybridized carbons (Fsp3) is 0.250. The van der Waals surface area contributed by atoms with Crippen molar-refractivity contribution in [2.75, 3.05) is 13.2 Å². The average molecular weight is 349 g/mol. The standard InChI is InChI=1S/C20H19N3O3/c1-3-25-20(24)14(2)13-26-18-10-19-22-8-9-23(19)12-17(18)16-6-4-15(11-21)5-7-16/h4-10,12,14H,3,13H2,1-2H3. The molecule has 2 heterocycles. The lowest BCUT2D eigenvalue weighted by atomic mass is 10.0. The lowest BCUT2D eigenvalue weighted by Gasteiger charge is -2.15. The van der Waals surface area contributed by atoms with E-state index >= 15 is 0 Å². The van der Waals surface area contributed by atoms with Crippen LogP contribution in [-0.2, 0) is 9.53 Å². The van der Waals surface area contributed by atoms with Gasteiger partial charge in [-0.25, -0.2) is 4.98 Å². The van der Waals surface area contributed by atoms with Gasteiger partial charge in [0.15, 0.2) is 0 Å². The molecule has 2 aromatic heterocycles. The van der Waals surface area contributed by atoms with Crippen LogP contribution in [0.25, 0.3) is 16.8 Å². The maximum absolute atomic E-state index is 11.8. The highest BCUT2D eigenvalue weighted by Crippen LogP contribution is 2.31. The summed E-state index contributed by atoms with van der Waals surface area (Å²) in [5, 5.41) is 8.98. The van der Waals surface area contributed by atoms with Crippen LogP contribution in [0.1, 0.15) is 19.4 Å². The fourth-order valence-corrected chi connectivity index (χ4v) is 2.57. The summed E-state index contributed by atoms with van der Waals surface area (Å²) in [6.45, 7) is 4.10. The first-order chi connectivity index (χ1) is 12.6. The molecule has 0 saturated carbocycles. The third-order valence-corrected chi connectivity index (χ3v) is 4.00. The number of esters is 1. The number of hydrogen-bond donors (Lipinski definition) is 0. The smallest absolute Gasteiger partial charge is 0.312 e. The Morgan fingerprint density at radius 3 is 2.81 bits per heavy atom. The molecule has 0 saturated heterocycles. The molecule has 1 unspecified atom stereocenters. The van der Waals surface area contributed by atoms with Crippen molar-refractivity contribution in [2.24, 2.45) is 5.92 Å². The van der Waals surface area contributed by atoms with Gasteiger partial charge < -0.3 is 13.9 Å². The first-order valence-corrected chi connectivity index (χ1v) is 8.39. The van der Waals surface area contributed by atoms with Crippen LogP contribution in [0.2, 0.25) is 0 Å². The van der Waals surface area contributed by atoms with Crippen molar-refractivity contribution in [1.29, 1.82) is 5.26 Å². The summed E-state index contributed by atoms with van der Waals surface area (Å²) in [7, 11) is 0. The Morgan fingerprint density at radius 1 is 1.35 bits per heavy atom. The van der Waals surface area contributed by atoms with Gasteiger partial charge in [0.2, 0.25) is 0 Å². The van der Waals surface area contributed by atoms with E-state index in [1.54, 1.807) is 32.2 Å². The van der Waals surface area contributed by atoms with Gasteiger partial charge in [0.1, 0.15) is 18.0 Å². The molecule has 0 aliphatic heterocycles. The van der Waals surface area contributed by atoms with Crippen LogP contribution in [-0.4, -0.2) is 28.6 Å². The lowest BCUT2D eigenvalue weighted by Crippen LogP contribution is -2.21. The molecule has 0 aliphatic rings. The molecule has 6 heteroatoms. The highest BCUT2D eigenvalue weighted by Gasteiger charge is 2.17. The van der Waals surface area contributed by atoms with E-state index in [2.05, 4.69) is 11.1 Å². The van der Waals surface area contributed by atoms with Crippen molar-refractivity contribution in [1.82, 2.24) is 9.38 Å². The number of nitriles is 1. The fourth-order valence-electron chi connectivity index (χ4n) is 2.57. The monoisotopic (exact) mass is 349 g/mol. The zero-order chi connectivity index (χ0) is 18.5. The molecule has 0 amide bonds. The second-order valence-electron chi connectivity index (χ2n) is 5.90. The van der Waals surface area contributed by atoms with E-state index in [1.165, 1.54) is 0 Å². The second-order valence-corrected chi connectivity index (χ2v) is 5.90. The molecule has 3 rings (SSSR count). The van der Waals surface area contributed by atoms with Gasteiger partial charge in [-0.3, -0.25) is 4.79 Å². The van der Waals surface area contributed by atoms with E-state index in [0.717, 1.165) is 16.8 Å². The van der Waals surface area contributed by atoms with Gasteiger partial charge in [-0.05, 0) is 31.5 Å². The summed E-state index contributed by atoms with van der Waals surface area (Å²) >= 11 is 0. The summed E-state index contributed by atoms with van der Waals surface area (Å²) in [4.78, 5) is 16.1. The summed E-state index contributed by atoms with van der Waals surface area (Å²) in [6.07, 6.45) is 5.49. The zero-order valence-corrected chi connectivity index (χ0v) is 14.7. The Balaban J connectivity index is 1.92. The minimum atomic E-state index is -0.375. The van der Waals surface area contributed by atoms with E-state index in [1.807, 2.05) is 35.0 Å². The number of nitrogens with zero attached hydrogens (tertiary/aromatic N) is 3. The first kappa shape index (κ1) is 17.5. The first-order valence-electron chi connectivity index (χ1n) is 8.39. The van der Waals surface area contributed by atoms with Gasteiger partial charge in [0, 0.05) is 30.2 Å². The molecule has 0 aliphatic carbocycles. The number of carbonyl (C=O) groups is 1. The van der Waals surface area contributed by atoms with Crippen LogP contribution >= 0.6 is 0 Å². The quantitative estimate of drug-likeness (QED) is 0.637. The molecule has 0 N–H and O–H groups in total. The number of fused-ring (bicyclic) bond motifs is 1. The number of aromatic nitrogens is 2. The van der Waals surface area contributed by atoms with E-state index < -0.39 is 0 Å². The topological polar surface area (TPSA) is 76.6 Å². The molecule has 132 valence electrons. The largest absolute Gasteiger partial charge is 0.492 e. The number of benzene rings is 1. The predicted octanol–water partition coefficient (Wildman–Crippen LogP) is 3.45. The van der Waals surface area contributed by atoms with Gasteiger partial charge in [0.25, 0.3) is 0 Å². The Morgan fingerprint density at radius 2 is 2.12 bits per heavy atom. The average Bonchev–Trinajstić information content (AvgIpc) is 3.13. The van der Waals surface area contributed by atoms with Crippen LogP contribution in [0.15, 0.2) is 48.9 Å². The molecule has 6 nitrogen and oxygen atoms in total. The number of rotatable bonds is 6. The van der Waals surface area contributed by atoms with Crippen LogP contribution in [0.4, 0.5) is 0 Å². The highest BCUT2D eigenvalue weighted by molar-refractivity contribution is 5.74. The van der Waals surface area contributed by atoms with E-state index in [-0.39, 0.29) is 18.5 Å². The Labute approximate surface area is 151 Å². The van der Waals surface area contributed by atoms with Crippen molar-refractivity contribution < 1.29 is 14.3 Å². The summed E-state index contributed by atoms with van der Waals surface area (Å²) < 4.78 is 12.9. The molecule has 0 bridgehead atoms. The molecule has 1 aromatic carbocycles. The van der Waals surface area contributed by atoms with Crippen molar-refractivity contribution in [3.8, 4) is 22.9 Å². The summed E-state index contributed by atoms with van der Waals surface area (Å²) in [6, 6.07) is 11.2. The number of pyridine rings is 1. The number of carbonyl (C=O) groups excluding carboxylic acids is 1. The maximum Gasteiger partial charge on any atom is 0.312 e. The predicted molar refractivity (Wildman–Crippen MR) is 96.6 cm³/mol. The molecule has 0 radical (unpaired) electrons. The molecular weight excluding hydrogens is 330 g/mol. The molecule has 0 fully saturated rings. The third kappa shape index (κ3) is 3.67. The Bertz CT molecular complexity index is 955. The van der Waals surface area contributed by atoms with E-state index in [0.29, 0.717) is 17.9 Å². The van der Waals surface area contributed by atoms with Crippen LogP contribution < -0.4 is 4.74 Å². The summed E-state index contributed by atoms with van der Waals surface area (Å²) in [5.41, 5.74) is 3.12. The van der Waals surface area contributed by atoms with Crippen molar-refractivity contribution in [2.45, 2.75) is 13.8 Å². The molecule has 26 heavy (non-hydrogen) atoms. The van der Waals surface area contributed by atoms with Crippen molar-refractivity contribution >= 4 is 11.6 Å². The molecule has 1 atom stereocenters. The zero-order valence-electron chi connectivity index (χ0n) is 14.7. The van der Waals surface area contributed by atoms with Gasteiger partial charge in [-0.2, -0.15) is 5.26 Å². The van der Waals surface area contributed by atoms with Crippen molar-refractivity contribution in [3.05, 3.63) is 54.5 Å². The van der Waals surface area contributed by atoms with E-state index in [9.17, 15) is 4.79 Å². The van der Waals surface area contributed by atoms with Gasteiger partial charge >= 0.3 is 5.97 Å². The Kier molecular flexibility index (Phi) is 5.18. The normalized spacial score (nSPS) is 11.7. The van der Waals surface area contributed by atoms with Gasteiger partial charge in [-0.1, -0.05) is 12.1 Å². The highest BCUT2D eigenvalue weighted by atomic mass is 16.5. The van der Waals surface area contributed by atoms with Crippen LogP contribution in [0.5, 0.6) is 5.75 Å². The minimum Gasteiger partial charge on any atom is -0.492 e. The van der Waals surface area contributed by atoms with Gasteiger partial charge in [-0.15, -0.1) is 0 Å². The number of imidazole rings is 1. The van der Waals surface area contributed by atoms with Crippen LogP contribution in [0, 0.1) is 17.2 Å². The van der Waals surface area contributed by atoms with Crippen LogP contribution in [0.3, 0.4) is 0 Å².